The van der Waals surface area contributed by atoms with Crippen LogP contribution in [-0.4, -0.2) is 21.6 Å². The number of aliphatic imine (C=N–C) groups is 1. The molecule has 0 saturated heterocycles. The van der Waals surface area contributed by atoms with Crippen LogP contribution in [0.25, 0.3) is 0 Å². The normalized spacial score (nSPS) is 9.08. The van der Waals surface area contributed by atoms with Crippen LogP contribution in [0, 0.1) is 4.64 Å². The second-order valence-electron chi connectivity index (χ2n) is 2.17. The van der Waals surface area contributed by atoms with Crippen molar-refractivity contribution in [3.05, 3.63) is 23.0 Å². The van der Waals surface area contributed by atoms with Crippen LogP contribution in [-0.2, 0) is 7.05 Å². The minimum Gasteiger partial charge on any atom is -0.297 e. The Bertz CT molecular complexity index is 409. The molecular formula is C7H7N3OS. The maximum absolute atomic E-state index is 11.1. The molecule has 1 aromatic heterocycles. The number of hydrogen-bond donors (Lipinski definition) is 1. The summed E-state index contributed by atoms with van der Waals surface area (Å²) in [6, 6.07) is 0. The lowest BCUT2D eigenvalue weighted by molar-refractivity contribution is 0.100. The van der Waals surface area contributed by atoms with Crippen LogP contribution in [0.4, 0.5) is 0 Å². The summed E-state index contributed by atoms with van der Waals surface area (Å²) in [4.78, 5) is 14.5. The first-order valence-corrected chi connectivity index (χ1v) is 3.58. The van der Waals surface area contributed by atoms with Crippen molar-refractivity contribution in [1.82, 2.24) is 9.78 Å². The van der Waals surface area contributed by atoms with E-state index in [0.717, 1.165) is 0 Å². The number of nitrogens with zero attached hydrogens (tertiary/aromatic N) is 2. The lowest BCUT2D eigenvalue weighted by Crippen LogP contribution is -1.92. The highest BCUT2D eigenvalue weighted by molar-refractivity contribution is 7.71. The van der Waals surface area contributed by atoms with Crippen LogP contribution in [0.1, 0.15) is 10.4 Å². The van der Waals surface area contributed by atoms with Crippen molar-refractivity contribution in [2.75, 3.05) is 0 Å². The first-order valence-electron chi connectivity index (χ1n) is 3.18. The lowest BCUT2D eigenvalue weighted by atomic mass is 10.3. The van der Waals surface area contributed by atoms with E-state index >= 15 is 0 Å². The van der Waals surface area contributed by atoms with Gasteiger partial charge in [0.25, 0.3) is 5.91 Å². The molecule has 4 nitrogen and oxygen atoms in total. The summed E-state index contributed by atoms with van der Waals surface area (Å²) in [5, 5.41) is 2.75. The van der Waals surface area contributed by atoms with Crippen LogP contribution >= 0.6 is 12.2 Å². The molecule has 1 aromatic rings. The molecule has 1 rings (SSSR count). The number of aromatic amines is 1. The minimum atomic E-state index is -0.424. The fourth-order valence-electron chi connectivity index (χ4n) is 0.789. The quantitative estimate of drug-likeness (QED) is 0.520. The van der Waals surface area contributed by atoms with Gasteiger partial charge in [-0.2, -0.15) is 4.99 Å². The Morgan fingerprint density at radius 1 is 1.92 bits per heavy atom. The standard InChI is InChI=1S/C7H7N3OS/c1-3-8-6(11)5-4-10(2)9-7(5)12/h4H,1H2,2H3,(H,9,12). The first kappa shape index (κ1) is 8.64. The molecule has 0 fully saturated rings. The van der Waals surface area contributed by atoms with Crippen LogP contribution in [0.15, 0.2) is 17.8 Å². The van der Waals surface area contributed by atoms with Crippen molar-refractivity contribution in [1.29, 1.82) is 0 Å². The number of aromatic nitrogens is 2. The van der Waals surface area contributed by atoms with Gasteiger partial charge in [-0.05, 0) is 12.4 Å². The van der Waals surface area contributed by atoms with E-state index in [1.165, 1.54) is 0 Å². The maximum atomic E-state index is 11.1. The minimum absolute atomic E-state index is 0.364. The fraction of sp³-hybridized carbons (Fsp3) is 0.143. The van der Waals surface area contributed by atoms with Gasteiger partial charge in [0.1, 0.15) is 4.64 Å². The summed E-state index contributed by atoms with van der Waals surface area (Å²) >= 11 is 4.86. The number of carbonyl (C=O) groups is 1. The van der Waals surface area contributed by atoms with E-state index in [1.807, 2.05) is 0 Å². The number of H-pyrrole nitrogens is 1. The van der Waals surface area contributed by atoms with Gasteiger partial charge in [0.2, 0.25) is 0 Å². The van der Waals surface area contributed by atoms with E-state index in [9.17, 15) is 4.79 Å². The average Bonchev–Trinajstić information content (AvgIpc) is 2.30. The van der Waals surface area contributed by atoms with Crippen LogP contribution < -0.4 is 0 Å². The Hall–Kier alpha value is -1.45. The topological polar surface area (TPSA) is 50.1 Å². The Labute approximate surface area is 74.2 Å². The molecule has 0 spiro atoms. The van der Waals surface area contributed by atoms with Gasteiger partial charge in [-0.1, -0.05) is 12.2 Å². The second-order valence-corrected chi connectivity index (χ2v) is 2.58. The molecule has 12 heavy (non-hydrogen) atoms. The summed E-state index contributed by atoms with van der Waals surface area (Å²) in [6.45, 7) is 3.20. The van der Waals surface area contributed by atoms with Gasteiger partial charge in [0, 0.05) is 13.2 Å². The van der Waals surface area contributed by atoms with Gasteiger partial charge in [0.05, 0.1) is 5.56 Å². The van der Waals surface area contributed by atoms with E-state index in [0.29, 0.717) is 10.2 Å². The fourth-order valence-corrected chi connectivity index (χ4v) is 1.07. The highest BCUT2D eigenvalue weighted by atomic mass is 32.1. The van der Waals surface area contributed by atoms with E-state index in [-0.39, 0.29) is 0 Å². The molecule has 0 aliphatic rings. The summed E-state index contributed by atoms with van der Waals surface area (Å²) in [5.41, 5.74) is 0.364. The SMILES string of the molecule is C=C=NC(=O)c1cn(C)[nH]c1=S. The number of amides is 1. The van der Waals surface area contributed by atoms with Gasteiger partial charge < -0.3 is 0 Å². The molecule has 62 valence electrons. The van der Waals surface area contributed by atoms with Crippen molar-refractivity contribution < 1.29 is 4.79 Å². The van der Waals surface area contributed by atoms with Gasteiger partial charge in [-0.25, -0.2) is 0 Å². The van der Waals surface area contributed by atoms with Crippen molar-refractivity contribution in [2.24, 2.45) is 12.0 Å². The van der Waals surface area contributed by atoms with Gasteiger partial charge in [0.15, 0.2) is 0 Å². The molecule has 0 radical (unpaired) electrons. The van der Waals surface area contributed by atoms with Gasteiger partial charge in [-0.15, -0.1) is 0 Å². The zero-order chi connectivity index (χ0) is 9.14. The predicted molar refractivity (Wildman–Crippen MR) is 48.0 cm³/mol. The third-order valence-electron chi connectivity index (χ3n) is 1.26. The highest BCUT2D eigenvalue weighted by Crippen LogP contribution is 2.01. The van der Waals surface area contributed by atoms with Crippen molar-refractivity contribution >= 4 is 24.0 Å². The lowest BCUT2D eigenvalue weighted by Gasteiger charge is -1.83. The van der Waals surface area contributed by atoms with Crippen molar-refractivity contribution in [3.63, 3.8) is 0 Å². The monoisotopic (exact) mass is 181 g/mol. The van der Waals surface area contributed by atoms with Crippen LogP contribution in [0.2, 0.25) is 0 Å². The molecule has 1 N–H and O–H groups in total. The molecule has 0 aliphatic carbocycles. The van der Waals surface area contributed by atoms with E-state index in [4.69, 9.17) is 12.2 Å². The van der Waals surface area contributed by atoms with E-state index < -0.39 is 5.91 Å². The van der Waals surface area contributed by atoms with Crippen LogP contribution in [0.3, 0.4) is 0 Å². The molecule has 0 aliphatic heterocycles. The molecule has 0 atom stereocenters. The van der Waals surface area contributed by atoms with Crippen molar-refractivity contribution in [2.45, 2.75) is 0 Å². The smallest absolute Gasteiger partial charge is 0.289 e. The van der Waals surface area contributed by atoms with E-state index in [2.05, 4.69) is 22.5 Å². The molecular weight excluding hydrogens is 174 g/mol. The molecule has 1 amide bonds. The van der Waals surface area contributed by atoms with Crippen LogP contribution in [0.5, 0.6) is 0 Å². The molecule has 0 unspecified atom stereocenters. The molecule has 1 heterocycles. The summed E-state index contributed by atoms with van der Waals surface area (Å²) in [7, 11) is 1.74. The van der Waals surface area contributed by atoms with Gasteiger partial charge >= 0.3 is 0 Å². The third kappa shape index (κ3) is 1.58. The molecule has 5 heteroatoms. The number of aryl methyl sites for hydroxylation is 1. The Morgan fingerprint density at radius 3 is 3.00 bits per heavy atom. The molecule has 0 saturated carbocycles. The highest BCUT2D eigenvalue weighted by Gasteiger charge is 2.07. The Balaban J connectivity index is 3.19. The number of hydrogen-bond acceptors (Lipinski definition) is 2. The predicted octanol–water partition coefficient (Wildman–Crippen LogP) is 1.08. The largest absolute Gasteiger partial charge is 0.297 e. The third-order valence-corrected chi connectivity index (χ3v) is 1.57. The Kier molecular flexibility index (Phi) is 2.38. The Morgan fingerprint density at radius 2 is 2.58 bits per heavy atom. The average molecular weight is 181 g/mol. The van der Waals surface area contributed by atoms with E-state index in [1.54, 1.807) is 17.9 Å². The molecule has 0 bridgehead atoms. The first-order chi connectivity index (χ1) is 5.65. The number of nitrogens with one attached hydrogen (secondary N) is 1. The number of rotatable bonds is 1. The summed E-state index contributed by atoms with van der Waals surface area (Å²) in [6.07, 6.45) is 1.57. The number of carbonyl (C=O) groups excluding carboxylic acids is 1. The molecule has 0 aromatic carbocycles. The summed E-state index contributed by atoms with van der Waals surface area (Å²) < 4.78 is 1.97. The zero-order valence-corrected chi connectivity index (χ0v) is 7.31. The summed E-state index contributed by atoms with van der Waals surface area (Å²) in [5.74, 6) is 1.73. The van der Waals surface area contributed by atoms with Gasteiger partial charge in [-0.3, -0.25) is 14.6 Å². The van der Waals surface area contributed by atoms with Crippen molar-refractivity contribution in [3.8, 4) is 0 Å². The zero-order valence-electron chi connectivity index (χ0n) is 6.50. The maximum Gasteiger partial charge on any atom is 0.289 e. The second kappa shape index (κ2) is 3.30.